The highest BCUT2D eigenvalue weighted by molar-refractivity contribution is 5.23. The number of hydrogen-bond donors (Lipinski definition) is 1. The predicted octanol–water partition coefficient (Wildman–Crippen LogP) is 4.94. The standard InChI is InChI=1S/C20H32O2/c1-15(2)20-13-12-19(5,21)11-7-10-16(3)8-6-9-17(4)14-18(20)22-20/h9-10,12-13,15,18,21H,6-8,11,14H2,1-5H3/b13-12-,16-10-,17-9-. The van der Waals surface area contributed by atoms with Crippen LogP contribution in [0.4, 0.5) is 0 Å². The molecule has 1 saturated heterocycles. The Morgan fingerprint density at radius 3 is 2.50 bits per heavy atom. The molecule has 0 aromatic rings. The molecule has 3 unspecified atom stereocenters. The Kier molecular flexibility index (Phi) is 5.34. The smallest absolute Gasteiger partial charge is 0.116 e. The van der Waals surface area contributed by atoms with Gasteiger partial charge in [-0.2, -0.15) is 0 Å². The molecule has 1 aliphatic heterocycles. The van der Waals surface area contributed by atoms with E-state index in [0.29, 0.717) is 5.92 Å². The second kappa shape index (κ2) is 6.72. The number of allylic oxidation sites excluding steroid dienone is 3. The number of fused-ring (bicyclic) bond motifs is 1. The number of rotatable bonds is 1. The third-order valence-corrected chi connectivity index (χ3v) is 5.08. The molecular weight excluding hydrogens is 272 g/mol. The molecule has 0 spiro atoms. The van der Waals surface area contributed by atoms with E-state index in [-0.39, 0.29) is 11.7 Å². The van der Waals surface area contributed by atoms with Gasteiger partial charge in [-0.05, 0) is 58.8 Å². The van der Waals surface area contributed by atoms with E-state index in [2.05, 4.69) is 45.9 Å². The van der Waals surface area contributed by atoms with Crippen LogP contribution in [-0.2, 0) is 4.74 Å². The average molecular weight is 304 g/mol. The Balaban J connectivity index is 2.21. The molecule has 0 aromatic carbocycles. The van der Waals surface area contributed by atoms with Crippen LogP contribution in [-0.4, -0.2) is 22.4 Å². The van der Waals surface area contributed by atoms with E-state index in [9.17, 15) is 5.11 Å². The third kappa shape index (κ3) is 4.33. The zero-order valence-electron chi connectivity index (χ0n) is 14.9. The SMILES string of the molecule is C/C1=C/CCC(C)(O)/C=C\C2(C(C)C)OC2C/C(C)=C\CC1. The van der Waals surface area contributed by atoms with Gasteiger partial charge in [0.15, 0.2) is 0 Å². The molecule has 3 atom stereocenters. The fraction of sp³-hybridized carbons (Fsp3) is 0.700. The average Bonchev–Trinajstić information content (AvgIpc) is 3.10. The summed E-state index contributed by atoms with van der Waals surface area (Å²) in [6.45, 7) is 10.7. The number of aliphatic hydroxyl groups is 1. The van der Waals surface area contributed by atoms with Gasteiger partial charge in [0.1, 0.15) is 5.60 Å². The second-order valence-electron chi connectivity index (χ2n) is 7.69. The molecule has 2 aliphatic rings. The first kappa shape index (κ1) is 17.5. The molecule has 2 rings (SSSR count). The molecule has 0 amide bonds. The molecule has 0 bridgehead atoms. The van der Waals surface area contributed by atoms with Crippen molar-refractivity contribution < 1.29 is 9.84 Å². The van der Waals surface area contributed by atoms with Gasteiger partial charge in [0.05, 0.1) is 11.7 Å². The fourth-order valence-corrected chi connectivity index (χ4v) is 3.29. The van der Waals surface area contributed by atoms with Crippen molar-refractivity contribution in [3.05, 3.63) is 35.5 Å². The lowest BCUT2D eigenvalue weighted by molar-refractivity contribution is 0.101. The van der Waals surface area contributed by atoms with Crippen LogP contribution in [0.1, 0.15) is 66.7 Å². The number of hydrogen-bond acceptors (Lipinski definition) is 2. The largest absolute Gasteiger partial charge is 0.386 e. The molecule has 1 fully saturated rings. The minimum atomic E-state index is -0.760. The minimum absolute atomic E-state index is 0.186. The Hall–Kier alpha value is -0.860. The molecule has 0 aromatic heterocycles. The lowest BCUT2D eigenvalue weighted by Crippen LogP contribution is -2.25. The maximum absolute atomic E-state index is 10.6. The molecule has 1 aliphatic carbocycles. The van der Waals surface area contributed by atoms with Crippen molar-refractivity contribution >= 4 is 0 Å². The van der Waals surface area contributed by atoms with Crippen LogP contribution in [0, 0.1) is 5.92 Å². The number of epoxide rings is 1. The molecular formula is C20H32O2. The van der Waals surface area contributed by atoms with Crippen molar-refractivity contribution in [2.24, 2.45) is 5.92 Å². The molecule has 1 N–H and O–H groups in total. The summed E-state index contributed by atoms with van der Waals surface area (Å²) in [7, 11) is 0. The quantitative estimate of drug-likeness (QED) is 0.549. The zero-order valence-corrected chi connectivity index (χ0v) is 14.9. The van der Waals surface area contributed by atoms with E-state index in [1.54, 1.807) is 0 Å². The first-order valence-corrected chi connectivity index (χ1v) is 8.67. The summed E-state index contributed by atoms with van der Waals surface area (Å²) >= 11 is 0. The molecule has 0 saturated carbocycles. The van der Waals surface area contributed by atoms with Crippen molar-refractivity contribution in [2.45, 2.75) is 84.0 Å². The summed E-state index contributed by atoms with van der Waals surface area (Å²) in [6, 6.07) is 0. The second-order valence-corrected chi connectivity index (χ2v) is 7.69. The van der Waals surface area contributed by atoms with Gasteiger partial charge in [-0.25, -0.2) is 0 Å². The third-order valence-electron chi connectivity index (χ3n) is 5.08. The summed E-state index contributed by atoms with van der Waals surface area (Å²) in [5.74, 6) is 0.424. The first-order valence-electron chi connectivity index (χ1n) is 8.67. The lowest BCUT2D eigenvalue weighted by Gasteiger charge is -2.21. The summed E-state index contributed by atoms with van der Waals surface area (Å²) in [5.41, 5.74) is 1.89. The molecule has 0 radical (unpaired) electrons. The van der Waals surface area contributed by atoms with Crippen LogP contribution in [0.25, 0.3) is 0 Å². The molecule has 22 heavy (non-hydrogen) atoms. The van der Waals surface area contributed by atoms with E-state index in [4.69, 9.17) is 4.74 Å². The van der Waals surface area contributed by atoms with Crippen LogP contribution in [0.2, 0.25) is 0 Å². The number of ether oxygens (including phenoxy) is 1. The van der Waals surface area contributed by atoms with Gasteiger partial charge in [-0.1, -0.05) is 49.3 Å². The van der Waals surface area contributed by atoms with Crippen LogP contribution in [0.15, 0.2) is 35.5 Å². The Bertz CT molecular complexity index is 482. The highest BCUT2D eigenvalue weighted by Gasteiger charge is 2.56. The Morgan fingerprint density at radius 1 is 1.14 bits per heavy atom. The summed E-state index contributed by atoms with van der Waals surface area (Å²) in [5, 5.41) is 10.6. The van der Waals surface area contributed by atoms with E-state index < -0.39 is 5.60 Å². The van der Waals surface area contributed by atoms with Crippen LogP contribution in [0.3, 0.4) is 0 Å². The van der Waals surface area contributed by atoms with E-state index in [1.807, 2.05) is 13.0 Å². The maximum atomic E-state index is 10.6. The summed E-state index contributed by atoms with van der Waals surface area (Å²) in [6.07, 6.45) is 13.8. The van der Waals surface area contributed by atoms with Gasteiger partial charge in [0.25, 0.3) is 0 Å². The van der Waals surface area contributed by atoms with Crippen molar-refractivity contribution in [3.8, 4) is 0 Å². The lowest BCUT2D eigenvalue weighted by atomic mass is 9.86. The van der Waals surface area contributed by atoms with Crippen molar-refractivity contribution in [2.75, 3.05) is 0 Å². The van der Waals surface area contributed by atoms with Crippen LogP contribution >= 0.6 is 0 Å². The van der Waals surface area contributed by atoms with Gasteiger partial charge in [0.2, 0.25) is 0 Å². The van der Waals surface area contributed by atoms with Gasteiger partial charge < -0.3 is 9.84 Å². The molecule has 124 valence electrons. The Morgan fingerprint density at radius 2 is 1.82 bits per heavy atom. The van der Waals surface area contributed by atoms with E-state index in [1.165, 1.54) is 11.1 Å². The summed E-state index contributed by atoms with van der Waals surface area (Å²) < 4.78 is 6.08. The van der Waals surface area contributed by atoms with Crippen LogP contribution in [0.5, 0.6) is 0 Å². The molecule has 2 nitrogen and oxygen atoms in total. The molecule has 2 heteroatoms. The van der Waals surface area contributed by atoms with E-state index >= 15 is 0 Å². The topological polar surface area (TPSA) is 32.8 Å². The monoisotopic (exact) mass is 304 g/mol. The zero-order chi connectivity index (χ0) is 16.4. The first-order chi connectivity index (χ1) is 10.3. The highest BCUT2D eigenvalue weighted by Crippen LogP contribution is 2.47. The normalized spacial score (nSPS) is 43.3. The highest BCUT2D eigenvalue weighted by atomic mass is 16.6. The maximum Gasteiger partial charge on any atom is 0.116 e. The molecule has 1 heterocycles. The fourth-order valence-electron chi connectivity index (χ4n) is 3.29. The van der Waals surface area contributed by atoms with Crippen molar-refractivity contribution in [1.29, 1.82) is 0 Å². The van der Waals surface area contributed by atoms with Gasteiger partial charge in [0, 0.05) is 0 Å². The minimum Gasteiger partial charge on any atom is -0.386 e. The van der Waals surface area contributed by atoms with Crippen molar-refractivity contribution in [1.82, 2.24) is 0 Å². The van der Waals surface area contributed by atoms with Gasteiger partial charge in [-0.3, -0.25) is 0 Å². The summed E-state index contributed by atoms with van der Waals surface area (Å²) in [4.78, 5) is 0. The van der Waals surface area contributed by atoms with Gasteiger partial charge in [-0.15, -0.1) is 0 Å². The van der Waals surface area contributed by atoms with Gasteiger partial charge >= 0.3 is 0 Å². The Labute approximate surface area is 136 Å². The van der Waals surface area contributed by atoms with E-state index in [0.717, 1.165) is 32.1 Å². The van der Waals surface area contributed by atoms with Crippen LogP contribution < -0.4 is 0 Å². The predicted molar refractivity (Wildman–Crippen MR) is 92.8 cm³/mol. The van der Waals surface area contributed by atoms with Crippen molar-refractivity contribution in [3.63, 3.8) is 0 Å².